The van der Waals surface area contributed by atoms with Crippen LogP contribution in [0.5, 0.6) is 23.0 Å². The number of rotatable bonds is 9. The number of aromatic hydroxyl groups is 2. The zero-order chi connectivity index (χ0) is 21.5. The number of hydrogen-bond donors (Lipinski definition) is 3. The van der Waals surface area contributed by atoms with Crippen molar-refractivity contribution in [2.45, 2.75) is 6.42 Å². The van der Waals surface area contributed by atoms with Crippen LogP contribution < -0.4 is 10.1 Å². The fourth-order valence-corrected chi connectivity index (χ4v) is 2.63. The molecule has 0 aliphatic heterocycles. The number of carbonyl (C=O) groups is 1. The van der Waals surface area contributed by atoms with Crippen LogP contribution in [0, 0.1) is 4.91 Å². The lowest BCUT2D eigenvalue weighted by Gasteiger charge is -2.11. The molecule has 11 nitrogen and oxygen atoms in total. The monoisotopic (exact) mass is 430 g/mol. The quantitative estimate of drug-likeness (QED) is 0.339. The Balaban J connectivity index is 0.00000341. The van der Waals surface area contributed by atoms with Crippen LogP contribution in [-0.2, 0) is 4.74 Å². The molecule has 0 saturated heterocycles. The van der Waals surface area contributed by atoms with Crippen molar-refractivity contribution >= 4 is 11.6 Å². The number of hydrogen-bond acceptors (Lipinski definition) is 10. The molecule has 1 heterocycles. The van der Waals surface area contributed by atoms with E-state index in [4.69, 9.17) is 14.0 Å². The van der Waals surface area contributed by atoms with E-state index in [1.807, 2.05) is 0 Å². The minimum Gasteiger partial charge on any atom is -0.870 e. The van der Waals surface area contributed by atoms with Gasteiger partial charge in [-0.3, -0.25) is 4.79 Å². The van der Waals surface area contributed by atoms with Gasteiger partial charge in [0.05, 0.1) is 0 Å². The van der Waals surface area contributed by atoms with E-state index in [9.17, 15) is 19.9 Å². The highest BCUT2D eigenvalue weighted by Gasteiger charge is 2.21. The first-order valence-electron chi connectivity index (χ1n) is 8.93. The molecule has 3 aromatic rings. The van der Waals surface area contributed by atoms with Gasteiger partial charge in [0.2, 0.25) is 0 Å². The second-order valence-electron chi connectivity index (χ2n) is 6.20. The van der Waals surface area contributed by atoms with Crippen LogP contribution in [0.25, 0.3) is 11.3 Å². The first-order chi connectivity index (χ1) is 14.5. The zero-order valence-electron chi connectivity index (χ0n) is 16.4. The maximum absolute atomic E-state index is 12.2. The summed E-state index contributed by atoms with van der Waals surface area (Å²) in [5.41, 5.74) is 0.330. The van der Waals surface area contributed by atoms with Gasteiger partial charge in [-0.25, -0.2) is 0 Å². The number of carbonyl (C=O) groups excluding carboxylic acids is 1. The maximum atomic E-state index is 12.2. The molecule has 0 aliphatic rings. The number of methoxy groups -OCH3 is 1. The van der Waals surface area contributed by atoms with Crippen molar-refractivity contribution in [2.75, 3.05) is 20.3 Å². The molecule has 2 aromatic carbocycles. The summed E-state index contributed by atoms with van der Waals surface area (Å²) in [7, 11) is 1.57. The number of nitroso groups, excluding NO2 is 1. The van der Waals surface area contributed by atoms with E-state index in [0.29, 0.717) is 25.3 Å². The largest absolute Gasteiger partial charge is 0.870 e. The number of phenolic OH excluding ortho intramolecular Hbond substituents is 2. The Labute approximate surface area is 176 Å². The normalized spacial score (nSPS) is 10.2. The standard InChI is InChI=1S/C20H19N3O7.H2O/c1-28-8-2-7-21-20(26)15-11-18(30-23-15)19-16(25)9-13(24)10-17(19)29-14-5-3-12(22-27)4-6-14;/h3-6,9-11,24-25H,2,7-8H2,1H3,(H,21,26);1H2/p-1. The van der Waals surface area contributed by atoms with Crippen molar-refractivity contribution in [1.82, 2.24) is 10.5 Å². The van der Waals surface area contributed by atoms with Gasteiger partial charge >= 0.3 is 0 Å². The molecule has 0 saturated carbocycles. The van der Waals surface area contributed by atoms with Crippen LogP contribution in [0.1, 0.15) is 16.9 Å². The molecule has 4 N–H and O–H groups in total. The molecule has 1 amide bonds. The zero-order valence-corrected chi connectivity index (χ0v) is 16.4. The highest BCUT2D eigenvalue weighted by molar-refractivity contribution is 5.93. The van der Waals surface area contributed by atoms with E-state index >= 15 is 0 Å². The molecule has 1 aromatic heterocycles. The second-order valence-corrected chi connectivity index (χ2v) is 6.20. The highest BCUT2D eigenvalue weighted by Crippen LogP contribution is 2.43. The van der Waals surface area contributed by atoms with Crippen molar-refractivity contribution in [3.63, 3.8) is 0 Å². The Kier molecular flexibility index (Phi) is 8.06. The molecule has 0 atom stereocenters. The lowest BCUT2D eigenvalue weighted by Crippen LogP contribution is -2.25. The average Bonchev–Trinajstić information content (AvgIpc) is 3.21. The molecule has 0 fully saturated rings. The predicted molar refractivity (Wildman–Crippen MR) is 108 cm³/mol. The topological polar surface area (TPSA) is 173 Å². The smallest absolute Gasteiger partial charge is 0.273 e. The lowest BCUT2D eigenvalue weighted by molar-refractivity contribution is 0.0939. The van der Waals surface area contributed by atoms with E-state index in [-0.39, 0.29) is 45.4 Å². The van der Waals surface area contributed by atoms with E-state index < -0.39 is 5.91 Å². The van der Waals surface area contributed by atoms with Crippen LogP contribution in [0.15, 0.2) is 52.2 Å². The third-order valence-electron chi connectivity index (χ3n) is 4.04. The van der Waals surface area contributed by atoms with Crippen molar-refractivity contribution in [1.29, 1.82) is 0 Å². The Morgan fingerprint density at radius 1 is 1.19 bits per heavy atom. The van der Waals surface area contributed by atoms with Crippen LogP contribution >= 0.6 is 0 Å². The minimum atomic E-state index is -0.446. The molecule has 0 unspecified atom stereocenters. The number of phenols is 2. The summed E-state index contributed by atoms with van der Waals surface area (Å²) >= 11 is 0. The number of nitrogens with one attached hydrogen (secondary N) is 1. The van der Waals surface area contributed by atoms with Gasteiger partial charge in [-0.2, -0.15) is 0 Å². The third-order valence-corrected chi connectivity index (χ3v) is 4.04. The summed E-state index contributed by atoms with van der Waals surface area (Å²) in [5.74, 6) is -0.575. The predicted octanol–water partition coefficient (Wildman–Crippen LogP) is 3.53. The molecule has 0 spiro atoms. The summed E-state index contributed by atoms with van der Waals surface area (Å²) in [6.45, 7) is 0.912. The lowest BCUT2D eigenvalue weighted by atomic mass is 10.1. The van der Waals surface area contributed by atoms with Gasteiger partial charge in [0.1, 0.15) is 34.2 Å². The Hall–Kier alpha value is -3.96. The molecule has 0 radical (unpaired) electrons. The molecule has 3 rings (SSSR count). The first kappa shape index (κ1) is 23.3. The van der Waals surface area contributed by atoms with Crippen molar-refractivity contribution < 1.29 is 34.5 Å². The van der Waals surface area contributed by atoms with Crippen LogP contribution in [0.3, 0.4) is 0 Å². The van der Waals surface area contributed by atoms with Crippen LogP contribution in [-0.4, -0.2) is 47.0 Å². The summed E-state index contributed by atoms with van der Waals surface area (Å²) in [6, 6.07) is 9.63. The fraction of sp³-hybridized carbons (Fsp3) is 0.200. The summed E-state index contributed by atoms with van der Waals surface area (Å²) in [4.78, 5) is 22.7. The Bertz CT molecular complexity index is 1030. The van der Waals surface area contributed by atoms with E-state index in [2.05, 4.69) is 15.7 Å². The van der Waals surface area contributed by atoms with Crippen molar-refractivity contribution in [2.24, 2.45) is 5.18 Å². The number of aromatic nitrogens is 1. The molecule has 11 heteroatoms. The Morgan fingerprint density at radius 3 is 2.61 bits per heavy atom. The number of ether oxygens (including phenoxy) is 2. The van der Waals surface area contributed by atoms with Crippen LogP contribution in [0.2, 0.25) is 0 Å². The van der Waals surface area contributed by atoms with Gasteiger partial charge in [-0.15, -0.1) is 4.91 Å². The van der Waals surface area contributed by atoms with E-state index in [0.717, 1.165) is 6.07 Å². The van der Waals surface area contributed by atoms with Gasteiger partial charge < -0.3 is 35.0 Å². The molecule has 0 aliphatic carbocycles. The van der Waals surface area contributed by atoms with E-state index in [1.165, 1.54) is 36.4 Å². The number of amides is 1. The molecule has 164 valence electrons. The van der Waals surface area contributed by atoms with Gasteiger partial charge in [0, 0.05) is 38.5 Å². The third kappa shape index (κ3) is 5.78. The van der Waals surface area contributed by atoms with Crippen molar-refractivity contribution in [3.8, 4) is 34.3 Å². The van der Waals surface area contributed by atoms with Gasteiger partial charge in [0.25, 0.3) is 5.91 Å². The van der Waals surface area contributed by atoms with Gasteiger partial charge in [-0.1, -0.05) is 5.16 Å². The Morgan fingerprint density at radius 2 is 1.94 bits per heavy atom. The van der Waals surface area contributed by atoms with Gasteiger partial charge in [0.15, 0.2) is 11.5 Å². The van der Waals surface area contributed by atoms with Gasteiger partial charge in [-0.05, 0) is 35.9 Å². The number of nitrogens with zero attached hydrogens (tertiary/aromatic N) is 2. The molecular formula is C20H20N3O8-. The molecule has 0 bridgehead atoms. The van der Waals surface area contributed by atoms with Crippen molar-refractivity contribution in [3.05, 3.63) is 53.1 Å². The average molecular weight is 430 g/mol. The summed E-state index contributed by atoms with van der Waals surface area (Å²) < 4.78 is 15.9. The van der Waals surface area contributed by atoms with E-state index in [1.54, 1.807) is 7.11 Å². The van der Waals surface area contributed by atoms with Crippen LogP contribution in [0.4, 0.5) is 5.69 Å². The first-order valence-corrected chi connectivity index (χ1v) is 8.93. The highest BCUT2D eigenvalue weighted by atomic mass is 16.5. The SMILES string of the molecule is COCCCNC(=O)c1cc(-c2c(O)cc(O)cc2Oc2ccc(N=O)cc2)on1.[OH-]. The fourth-order valence-electron chi connectivity index (χ4n) is 2.63. The maximum Gasteiger partial charge on any atom is 0.273 e. The summed E-state index contributed by atoms with van der Waals surface area (Å²) in [5, 5.41) is 29.4. The molecular weight excluding hydrogens is 410 g/mol. The summed E-state index contributed by atoms with van der Waals surface area (Å²) in [6.07, 6.45) is 0.641. The minimum absolute atomic E-state index is 0. The number of benzene rings is 2. The molecule has 31 heavy (non-hydrogen) atoms. The second kappa shape index (κ2) is 10.7.